The van der Waals surface area contributed by atoms with E-state index in [-0.39, 0.29) is 47.7 Å². The summed E-state index contributed by atoms with van der Waals surface area (Å²) in [6.45, 7) is 8.19. The number of rotatable bonds is 14. The molecule has 0 spiro atoms. The zero-order chi connectivity index (χ0) is 36.0. The molecule has 1 aliphatic heterocycles. The molecule has 1 aromatic rings. The molecule has 6 atom stereocenters. The van der Waals surface area contributed by atoms with Crippen LogP contribution in [0.3, 0.4) is 0 Å². The van der Waals surface area contributed by atoms with E-state index in [4.69, 9.17) is 0 Å². The van der Waals surface area contributed by atoms with Crippen molar-refractivity contribution in [2.45, 2.75) is 141 Å². The fraction of sp³-hybridized carbons (Fsp3) is 0.730. The van der Waals surface area contributed by atoms with Crippen molar-refractivity contribution in [2.24, 2.45) is 23.2 Å². The minimum absolute atomic E-state index is 0.0234. The molecule has 0 radical (unpaired) electrons. The summed E-state index contributed by atoms with van der Waals surface area (Å²) in [6, 6.07) is -3.09. The first-order valence-corrected chi connectivity index (χ1v) is 18.7. The second-order valence-corrected chi connectivity index (χ2v) is 15.9. The van der Waals surface area contributed by atoms with Crippen molar-refractivity contribution in [3.63, 3.8) is 0 Å². The normalized spacial score (nSPS) is 24.0. The summed E-state index contributed by atoms with van der Waals surface area (Å²) in [5.74, 6) is -2.73. The molecule has 3 saturated carbocycles. The van der Waals surface area contributed by atoms with Crippen LogP contribution in [0.5, 0.6) is 0 Å². The number of ketones is 1. The highest BCUT2D eigenvalue weighted by Crippen LogP contribution is 2.43. The molecule has 0 bridgehead atoms. The Morgan fingerprint density at radius 2 is 1.64 bits per heavy atom. The number of aromatic nitrogens is 2. The van der Waals surface area contributed by atoms with Gasteiger partial charge in [0.2, 0.25) is 23.5 Å². The molecule has 1 aromatic heterocycles. The fourth-order valence-electron chi connectivity index (χ4n) is 7.98. The zero-order valence-electron chi connectivity index (χ0n) is 30.0. The number of fused-ring (bicyclic) bond motifs is 1. The van der Waals surface area contributed by atoms with E-state index in [9.17, 15) is 28.8 Å². The summed E-state index contributed by atoms with van der Waals surface area (Å²) in [5, 5.41) is 11.6. The molecule has 4 N–H and O–H groups in total. The van der Waals surface area contributed by atoms with E-state index in [1.165, 1.54) is 18.6 Å². The maximum absolute atomic E-state index is 14.2. The van der Waals surface area contributed by atoms with Crippen molar-refractivity contribution >= 4 is 35.3 Å². The summed E-state index contributed by atoms with van der Waals surface area (Å²) < 4.78 is 0. The highest BCUT2D eigenvalue weighted by Gasteiger charge is 2.50. The second kappa shape index (κ2) is 16.4. The molecule has 13 heteroatoms. The van der Waals surface area contributed by atoms with Gasteiger partial charge in [-0.25, -0.2) is 4.98 Å². The third-order valence-corrected chi connectivity index (χ3v) is 11.1. The van der Waals surface area contributed by atoms with Crippen LogP contribution in [0.2, 0.25) is 0 Å². The molecule has 4 aliphatic rings. The van der Waals surface area contributed by atoms with Gasteiger partial charge in [-0.2, -0.15) is 0 Å². The third-order valence-electron chi connectivity index (χ3n) is 11.1. The highest BCUT2D eigenvalue weighted by atomic mass is 16.2. The number of nitrogens with one attached hydrogen (secondary N) is 4. The molecule has 4 fully saturated rings. The van der Waals surface area contributed by atoms with Gasteiger partial charge in [0.1, 0.15) is 17.8 Å². The first kappa shape index (κ1) is 37.4. The van der Waals surface area contributed by atoms with Gasteiger partial charge in [-0.3, -0.25) is 33.8 Å². The first-order valence-electron chi connectivity index (χ1n) is 18.7. The number of carbonyl (C=O) groups excluding carboxylic acids is 6. The Kier molecular flexibility index (Phi) is 12.3. The predicted octanol–water partition coefficient (Wildman–Crippen LogP) is 2.84. The van der Waals surface area contributed by atoms with Crippen LogP contribution in [0.25, 0.3) is 0 Å². The van der Waals surface area contributed by atoms with E-state index >= 15 is 0 Å². The minimum Gasteiger partial charge on any atom is -0.351 e. The summed E-state index contributed by atoms with van der Waals surface area (Å²) in [6.07, 6.45) is 14.1. The van der Waals surface area contributed by atoms with Gasteiger partial charge >= 0.3 is 0 Å². The maximum Gasteiger partial charge on any atom is 0.289 e. The molecule has 1 saturated heterocycles. The molecule has 274 valence electrons. The summed E-state index contributed by atoms with van der Waals surface area (Å²) in [4.78, 5) is 90.8. The number of likely N-dealkylation sites (tertiary alicyclic amines) is 1. The standard InChI is InChI=1S/C37H55N7O6/c1-5-10-26(32(46)36(50)40-24-15-16-24)41-35(49)31-25-14-9-13-23(25)21-44(31)29(45)19-28(37(2,3)4)42-34(48)30(22-11-7-6-8-12-22)43-33(47)27-20-38-17-18-39-27/h17-18,20,22-26,28,30-31H,5-16,19,21H2,1-4H3,(H,40,50)(H,41,49)(H,42,48)(H,43,47). The Labute approximate surface area is 295 Å². The van der Waals surface area contributed by atoms with Crippen LogP contribution >= 0.6 is 0 Å². The van der Waals surface area contributed by atoms with Gasteiger partial charge in [-0.15, -0.1) is 0 Å². The van der Waals surface area contributed by atoms with Crippen LogP contribution in [0.4, 0.5) is 0 Å². The molecular formula is C37H55N7O6. The monoisotopic (exact) mass is 693 g/mol. The first-order chi connectivity index (χ1) is 23.9. The van der Waals surface area contributed by atoms with Crippen LogP contribution in [-0.2, 0) is 24.0 Å². The number of Topliss-reactive ketones (excluding diaryl/α,β-unsaturated/α-hetero) is 1. The smallest absolute Gasteiger partial charge is 0.289 e. The van der Waals surface area contributed by atoms with E-state index in [0.717, 1.165) is 64.2 Å². The molecular weight excluding hydrogens is 638 g/mol. The maximum atomic E-state index is 14.2. The Balaban J connectivity index is 1.30. The minimum atomic E-state index is -0.959. The number of hydrogen-bond donors (Lipinski definition) is 4. The fourth-order valence-corrected chi connectivity index (χ4v) is 7.98. The lowest BCUT2D eigenvalue weighted by Gasteiger charge is -2.36. The van der Waals surface area contributed by atoms with E-state index in [2.05, 4.69) is 31.2 Å². The van der Waals surface area contributed by atoms with Crippen LogP contribution in [0.1, 0.15) is 122 Å². The van der Waals surface area contributed by atoms with E-state index in [1.807, 2.05) is 27.7 Å². The lowest BCUT2D eigenvalue weighted by molar-refractivity contribution is -0.143. The molecule has 6 unspecified atom stereocenters. The van der Waals surface area contributed by atoms with Crippen LogP contribution < -0.4 is 21.3 Å². The van der Waals surface area contributed by atoms with Crippen LogP contribution in [0.15, 0.2) is 18.6 Å². The SMILES string of the molecule is CCCC(NC(=O)C1C2CCCC2CN1C(=O)CC(NC(=O)C(NC(=O)c1cnccn1)C1CCCCC1)C(C)(C)C)C(=O)C(=O)NC1CC1. The summed E-state index contributed by atoms with van der Waals surface area (Å²) in [7, 11) is 0. The Bertz CT molecular complexity index is 1400. The second-order valence-electron chi connectivity index (χ2n) is 15.9. The number of nitrogens with zero attached hydrogens (tertiary/aromatic N) is 3. The Hall–Kier alpha value is -3.90. The summed E-state index contributed by atoms with van der Waals surface area (Å²) >= 11 is 0. The molecule has 2 heterocycles. The molecule has 5 amide bonds. The van der Waals surface area contributed by atoms with Crippen molar-refractivity contribution in [1.29, 1.82) is 0 Å². The quantitative estimate of drug-likeness (QED) is 0.215. The van der Waals surface area contributed by atoms with E-state index in [1.54, 1.807) is 4.90 Å². The lowest BCUT2D eigenvalue weighted by Crippen LogP contribution is -2.57. The molecule has 3 aliphatic carbocycles. The Morgan fingerprint density at radius 1 is 0.900 bits per heavy atom. The van der Waals surface area contributed by atoms with Crippen LogP contribution in [-0.4, -0.2) is 86.9 Å². The average molecular weight is 694 g/mol. The van der Waals surface area contributed by atoms with Crippen molar-refractivity contribution < 1.29 is 28.8 Å². The lowest BCUT2D eigenvalue weighted by atomic mass is 9.81. The van der Waals surface area contributed by atoms with Gasteiger partial charge in [0, 0.05) is 37.4 Å². The number of hydrogen-bond acceptors (Lipinski definition) is 8. The van der Waals surface area contributed by atoms with Crippen LogP contribution in [0, 0.1) is 23.2 Å². The van der Waals surface area contributed by atoms with E-state index < -0.39 is 53.1 Å². The van der Waals surface area contributed by atoms with Crippen molar-refractivity contribution in [2.75, 3.05) is 6.54 Å². The Morgan fingerprint density at radius 3 is 2.28 bits per heavy atom. The van der Waals surface area contributed by atoms with Crippen molar-refractivity contribution in [3.8, 4) is 0 Å². The van der Waals surface area contributed by atoms with Crippen molar-refractivity contribution in [3.05, 3.63) is 24.3 Å². The van der Waals surface area contributed by atoms with Gasteiger partial charge < -0.3 is 26.2 Å². The number of carbonyl (C=O) groups is 6. The van der Waals surface area contributed by atoms with Crippen molar-refractivity contribution in [1.82, 2.24) is 36.1 Å². The van der Waals surface area contributed by atoms with Gasteiger partial charge in [-0.1, -0.05) is 59.8 Å². The van der Waals surface area contributed by atoms with Gasteiger partial charge in [-0.05, 0) is 68.1 Å². The van der Waals surface area contributed by atoms with Gasteiger partial charge in [0.05, 0.1) is 12.2 Å². The molecule has 0 aromatic carbocycles. The topological polar surface area (TPSA) is 180 Å². The zero-order valence-corrected chi connectivity index (χ0v) is 30.0. The molecule has 50 heavy (non-hydrogen) atoms. The largest absolute Gasteiger partial charge is 0.351 e. The molecule has 13 nitrogen and oxygen atoms in total. The van der Waals surface area contributed by atoms with Gasteiger partial charge in [0.15, 0.2) is 0 Å². The highest BCUT2D eigenvalue weighted by molar-refractivity contribution is 6.38. The predicted molar refractivity (Wildman–Crippen MR) is 185 cm³/mol. The summed E-state index contributed by atoms with van der Waals surface area (Å²) in [5.41, 5.74) is -0.405. The molecule has 5 rings (SSSR count). The van der Waals surface area contributed by atoms with E-state index in [0.29, 0.717) is 19.4 Å². The number of amides is 5. The average Bonchev–Trinajstić information content (AvgIpc) is 3.66. The third kappa shape index (κ3) is 9.25. The van der Waals surface area contributed by atoms with Gasteiger partial charge in [0.25, 0.3) is 11.8 Å².